The monoisotopic (exact) mass is 392 g/mol. The zero-order valence-electron chi connectivity index (χ0n) is 18.7. The number of benzene rings is 3. The summed E-state index contributed by atoms with van der Waals surface area (Å²) in [6, 6.07) is 24.7. The van der Waals surface area contributed by atoms with Crippen molar-refractivity contribution in [2.75, 3.05) is 0 Å². The van der Waals surface area contributed by atoms with Gasteiger partial charge in [0.2, 0.25) is 5.69 Å². The summed E-state index contributed by atoms with van der Waals surface area (Å²) in [5.74, 6) is 0. The van der Waals surface area contributed by atoms with Crippen molar-refractivity contribution in [3.05, 3.63) is 112 Å². The standard InChI is InChI=1S/C29H30N/c1-20-17-21(2)27(22(3)18-20)30-19-29(24-12-7-6-8-13-24)25-14-10-9-11-23(25)15-16-26(29)28(30,4)5/h6-14,16-19H,15H2,1-5H3/q+1/t29-/m1/s1. The lowest BCUT2D eigenvalue weighted by molar-refractivity contribution is -0.501. The molecule has 1 atom stereocenters. The maximum Gasteiger partial charge on any atom is 0.211 e. The molecular weight excluding hydrogens is 362 g/mol. The van der Waals surface area contributed by atoms with Crippen LogP contribution in [0.5, 0.6) is 0 Å². The largest absolute Gasteiger partial charge is 0.211 e. The molecule has 0 saturated carbocycles. The predicted molar refractivity (Wildman–Crippen MR) is 126 cm³/mol. The molecular formula is C29H30N+. The summed E-state index contributed by atoms with van der Waals surface area (Å²) < 4.78 is 2.55. The normalized spacial score (nSPS) is 21.5. The number of fused-ring (bicyclic) bond motifs is 3. The smallest absolute Gasteiger partial charge is 0.192 e. The van der Waals surface area contributed by atoms with Crippen molar-refractivity contribution in [2.45, 2.75) is 52.0 Å². The van der Waals surface area contributed by atoms with Crippen molar-refractivity contribution in [1.29, 1.82) is 0 Å². The van der Waals surface area contributed by atoms with E-state index in [-0.39, 0.29) is 11.0 Å². The number of hydrogen-bond donors (Lipinski definition) is 0. The molecule has 3 aromatic carbocycles. The van der Waals surface area contributed by atoms with Crippen LogP contribution in [0, 0.1) is 20.8 Å². The summed E-state index contributed by atoms with van der Waals surface area (Å²) in [6.45, 7) is 11.4. The Morgan fingerprint density at radius 1 is 0.800 bits per heavy atom. The second kappa shape index (κ2) is 6.54. The molecule has 1 heterocycles. The summed E-state index contributed by atoms with van der Waals surface area (Å²) in [7, 11) is 0. The van der Waals surface area contributed by atoms with Crippen molar-refractivity contribution in [1.82, 2.24) is 0 Å². The van der Waals surface area contributed by atoms with Gasteiger partial charge in [-0.1, -0.05) is 66.2 Å². The lowest BCUT2D eigenvalue weighted by Gasteiger charge is -2.35. The minimum atomic E-state index is -0.233. The molecule has 0 unspecified atom stereocenters. The molecule has 3 aromatic rings. The lowest BCUT2D eigenvalue weighted by Crippen LogP contribution is -2.39. The van der Waals surface area contributed by atoms with Gasteiger partial charge >= 0.3 is 0 Å². The predicted octanol–water partition coefficient (Wildman–Crippen LogP) is 6.59. The summed E-state index contributed by atoms with van der Waals surface area (Å²) >= 11 is 0. The first-order valence-corrected chi connectivity index (χ1v) is 10.9. The van der Waals surface area contributed by atoms with Crippen molar-refractivity contribution in [2.24, 2.45) is 0 Å². The fraction of sp³-hybridized carbons (Fsp3) is 0.276. The van der Waals surface area contributed by atoms with Crippen molar-refractivity contribution in [3.8, 4) is 0 Å². The fourth-order valence-corrected chi connectivity index (χ4v) is 5.94. The van der Waals surface area contributed by atoms with Gasteiger partial charge in [-0.2, -0.15) is 4.58 Å². The zero-order chi connectivity index (χ0) is 21.1. The highest BCUT2D eigenvalue weighted by molar-refractivity contribution is 5.87. The zero-order valence-corrected chi connectivity index (χ0v) is 18.7. The highest BCUT2D eigenvalue weighted by Gasteiger charge is 2.59. The van der Waals surface area contributed by atoms with Crippen LogP contribution >= 0.6 is 0 Å². The quantitative estimate of drug-likeness (QED) is 0.342. The number of aryl methyl sites for hydroxylation is 3. The van der Waals surface area contributed by atoms with Crippen LogP contribution < -0.4 is 0 Å². The average molecular weight is 393 g/mol. The van der Waals surface area contributed by atoms with E-state index >= 15 is 0 Å². The Kier molecular flexibility index (Phi) is 4.15. The van der Waals surface area contributed by atoms with Gasteiger partial charge in [0, 0.05) is 30.5 Å². The van der Waals surface area contributed by atoms with Crippen LogP contribution in [0.15, 0.2) is 78.4 Å². The van der Waals surface area contributed by atoms with Crippen molar-refractivity contribution < 1.29 is 4.58 Å². The van der Waals surface area contributed by atoms with Crippen LogP contribution in [0.1, 0.15) is 47.2 Å². The van der Waals surface area contributed by atoms with Crippen LogP contribution in [-0.2, 0) is 11.8 Å². The van der Waals surface area contributed by atoms with E-state index in [4.69, 9.17) is 0 Å². The molecule has 0 saturated heterocycles. The van der Waals surface area contributed by atoms with Crippen molar-refractivity contribution >= 4 is 11.9 Å². The Labute approximate surface area is 180 Å². The van der Waals surface area contributed by atoms with Gasteiger partial charge < -0.3 is 0 Å². The third-order valence-corrected chi connectivity index (χ3v) is 7.08. The minimum Gasteiger partial charge on any atom is -0.192 e. The molecule has 0 fully saturated rings. The van der Waals surface area contributed by atoms with Gasteiger partial charge in [-0.15, -0.1) is 0 Å². The maximum atomic E-state index is 2.55. The molecule has 150 valence electrons. The molecule has 1 aliphatic carbocycles. The molecule has 0 spiro atoms. The van der Waals surface area contributed by atoms with Gasteiger partial charge in [-0.05, 0) is 56.0 Å². The second-order valence-corrected chi connectivity index (χ2v) is 9.46. The minimum absolute atomic E-state index is 0.117. The van der Waals surface area contributed by atoms with Gasteiger partial charge in [-0.3, -0.25) is 0 Å². The molecule has 1 nitrogen and oxygen atoms in total. The topological polar surface area (TPSA) is 3.01 Å². The number of allylic oxidation sites excluding steroid dienone is 1. The van der Waals surface area contributed by atoms with Crippen LogP contribution in [0.25, 0.3) is 0 Å². The number of rotatable bonds is 2. The Balaban J connectivity index is 1.88. The molecule has 0 amide bonds. The third kappa shape index (κ3) is 2.51. The Morgan fingerprint density at radius 3 is 2.13 bits per heavy atom. The Bertz CT molecular complexity index is 1190. The van der Waals surface area contributed by atoms with Crippen LogP contribution in [0.4, 0.5) is 5.69 Å². The third-order valence-electron chi connectivity index (χ3n) is 7.08. The van der Waals surface area contributed by atoms with Crippen LogP contribution in [0.3, 0.4) is 0 Å². The Morgan fingerprint density at radius 2 is 1.43 bits per heavy atom. The molecule has 0 radical (unpaired) electrons. The molecule has 30 heavy (non-hydrogen) atoms. The van der Waals surface area contributed by atoms with E-state index in [1.165, 1.54) is 44.6 Å². The van der Waals surface area contributed by atoms with Gasteiger partial charge in [-0.25, -0.2) is 0 Å². The SMILES string of the molecule is Cc1cc(C)c([N+]2=C[C@]3(c4ccccc4)C(=CCc4ccccc43)C2(C)C)c(C)c1. The molecule has 2 aliphatic rings. The second-order valence-electron chi connectivity index (χ2n) is 9.46. The van der Waals surface area contributed by atoms with Gasteiger partial charge in [0.1, 0.15) is 5.41 Å². The van der Waals surface area contributed by atoms with Gasteiger partial charge in [0.15, 0.2) is 11.8 Å². The molecule has 1 aliphatic heterocycles. The van der Waals surface area contributed by atoms with E-state index < -0.39 is 0 Å². The van der Waals surface area contributed by atoms with Gasteiger partial charge in [0.25, 0.3) is 0 Å². The van der Waals surface area contributed by atoms with E-state index in [0.717, 1.165) is 6.42 Å². The summed E-state index contributed by atoms with van der Waals surface area (Å²) in [5.41, 5.74) is 10.7. The Hall–Kier alpha value is -2.93. The van der Waals surface area contributed by atoms with Crippen LogP contribution in [0.2, 0.25) is 0 Å². The summed E-state index contributed by atoms with van der Waals surface area (Å²) in [4.78, 5) is 0. The van der Waals surface area contributed by atoms with Gasteiger partial charge in [0.05, 0.1) is 0 Å². The van der Waals surface area contributed by atoms with Crippen molar-refractivity contribution in [3.63, 3.8) is 0 Å². The van der Waals surface area contributed by atoms with Crippen LogP contribution in [-0.4, -0.2) is 16.3 Å². The highest BCUT2D eigenvalue weighted by Crippen LogP contribution is 2.53. The summed E-state index contributed by atoms with van der Waals surface area (Å²) in [5, 5.41) is 0. The highest BCUT2D eigenvalue weighted by atomic mass is 15.1. The van der Waals surface area contributed by atoms with E-state index in [1.807, 2.05) is 0 Å². The molecule has 5 rings (SSSR count). The fourth-order valence-electron chi connectivity index (χ4n) is 5.94. The first-order valence-electron chi connectivity index (χ1n) is 10.9. The average Bonchev–Trinajstić information content (AvgIpc) is 2.96. The van der Waals surface area contributed by atoms with E-state index in [2.05, 4.69) is 118 Å². The molecule has 0 N–H and O–H groups in total. The number of hydrogen-bond acceptors (Lipinski definition) is 0. The maximum absolute atomic E-state index is 2.55. The first kappa shape index (κ1) is 19.1. The first-order chi connectivity index (χ1) is 14.4. The van der Waals surface area contributed by atoms with E-state index in [1.54, 1.807) is 0 Å². The molecule has 0 bridgehead atoms. The van der Waals surface area contributed by atoms with E-state index in [9.17, 15) is 0 Å². The van der Waals surface area contributed by atoms with E-state index in [0.29, 0.717) is 0 Å². The number of nitrogens with zero attached hydrogens (tertiary/aromatic N) is 1. The molecule has 1 heteroatoms. The lowest BCUT2D eigenvalue weighted by atomic mass is 9.63. The summed E-state index contributed by atoms with van der Waals surface area (Å²) in [6.07, 6.45) is 6.00. The molecule has 0 aromatic heterocycles.